The Morgan fingerprint density at radius 2 is 1.75 bits per heavy atom. The first-order valence-corrected chi connectivity index (χ1v) is 5.53. The highest BCUT2D eigenvalue weighted by molar-refractivity contribution is 5.76. The van der Waals surface area contributed by atoms with Crippen LogP contribution in [0, 0.1) is 5.92 Å². The molecule has 0 fully saturated rings. The number of nitrogens with two attached hydrogens (primary N) is 1. The van der Waals surface area contributed by atoms with Crippen LogP contribution in [0.5, 0.6) is 0 Å². The highest BCUT2D eigenvalue weighted by Gasteiger charge is 2.21. The van der Waals surface area contributed by atoms with Gasteiger partial charge >= 0.3 is 5.97 Å². The van der Waals surface area contributed by atoms with Crippen LogP contribution in [0.2, 0.25) is 0 Å². The zero-order chi connectivity index (χ0) is 12.1. The van der Waals surface area contributed by atoms with Crippen molar-refractivity contribution < 1.29 is 9.53 Å². The molecule has 3 heteroatoms. The normalized spacial score (nSPS) is 14.6. The molecule has 0 radical (unpaired) electrons. The van der Waals surface area contributed by atoms with Crippen LogP contribution in [-0.4, -0.2) is 12.0 Å². The van der Waals surface area contributed by atoms with E-state index in [9.17, 15) is 4.79 Å². The van der Waals surface area contributed by atoms with Gasteiger partial charge in [-0.15, -0.1) is 0 Å². The molecule has 1 aromatic carbocycles. The van der Waals surface area contributed by atoms with E-state index in [-0.39, 0.29) is 18.0 Å². The lowest BCUT2D eigenvalue weighted by Crippen LogP contribution is -2.37. The molecule has 1 aromatic rings. The molecule has 88 valence electrons. The number of carbonyl (C=O) groups excluding carboxylic acids is 1. The molecule has 0 aromatic heterocycles. The van der Waals surface area contributed by atoms with Crippen molar-refractivity contribution in [3.05, 3.63) is 35.9 Å². The molecular weight excluding hydrogens is 202 g/mol. The minimum atomic E-state index is -0.550. The van der Waals surface area contributed by atoms with Gasteiger partial charge < -0.3 is 10.5 Å². The van der Waals surface area contributed by atoms with Crippen LogP contribution >= 0.6 is 0 Å². The smallest absolute Gasteiger partial charge is 0.323 e. The summed E-state index contributed by atoms with van der Waals surface area (Å²) >= 11 is 0. The Kier molecular flexibility index (Phi) is 4.50. The summed E-state index contributed by atoms with van der Waals surface area (Å²) in [6, 6.07) is 9.07. The number of benzene rings is 1. The van der Waals surface area contributed by atoms with E-state index in [2.05, 4.69) is 0 Å². The Morgan fingerprint density at radius 1 is 1.19 bits per heavy atom. The van der Waals surface area contributed by atoms with Crippen LogP contribution in [0.25, 0.3) is 0 Å². The molecule has 1 rings (SSSR count). The third-order valence-electron chi connectivity index (χ3n) is 2.55. The second-order valence-corrected chi connectivity index (χ2v) is 4.26. The van der Waals surface area contributed by atoms with Crippen molar-refractivity contribution >= 4 is 5.97 Å². The lowest BCUT2D eigenvalue weighted by atomic mass is 10.1. The predicted molar refractivity (Wildman–Crippen MR) is 63.8 cm³/mol. The van der Waals surface area contributed by atoms with Gasteiger partial charge in [0.2, 0.25) is 0 Å². The first-order chi connectivity index (χ1) is 7.52. The van der Waals surface area contributed by atoms with Gasteiger partial charge in [0.1, 0.15) is 12.1 Å². The number of hydrogen-bond acceptors (Lipinski definition) is 3. The predicted octanol–water partition coefficient (Wildman–Crippen LogP) is 2.27. The van der Waals surface area contributed by atoms with Crippen molar-refractivity contribution in [3.63, 3.8) is 0 Å². The van der Waals surface area contributed by atoms with E-state index in [0.717, 1.165) is 5.56 Å². The third-order valence-corrected chi connectivity index (χ3v) is 2.55. The maximum absolute atomic E-state index is 11.6. The first-order valence-electron chi connectivity index (χ1n) is 5.53. The molecule has 0 heterocycles. The highest BCUT2D eigenvalue weighted by atomic mass is 16.5. The van der Waals surface area contributed by atoms with Crippen molar-refractivity contribution in [1.82, 2.24) is 0 Å². The van der Waals surface area contributed by atoms with E-state index in [4.69, 9.17) is 10.5 Å². The fourth-order valence-electron chi connectivity index (χ4n) is 1.32. The average molecular weight is 221 g/mol. The van der Waals surface area contributed by atoms with Gasteiger partial charge in [0.15, 0.2) is 0 Å². The second kappa shape index (κ2) is 5.66. The van der Waals surface area contributed by atoms with Crippen LogP contribution in [0.3, 0.4) is 0 Å². The van der Waals surface area contributed by atoms with Crippen molar-refractivity contribution in [1.29, 1.82) is 0 Å². The molecule has 0 bridgehead atoms. The van der Waals surface area contributed by atoms with Crippen molar-refractivity contribution in [3.8, 4) is 0 Å². The molecular formula is C13H19NO2. The Balaban J connectivity index is 2.58. The molecule has 2 atom stereocenters. The van der Waals surface area contributed by atoms with E-state index in [0.29, 0.717) is 0 Å². The Bertz CT molecular complexity index is 335. The molecule has 0 saturated carbocycles. The maximum Gasteiger partial charge on any atom is 0.323 e. The van der Waals surface area contributed by atoms with Gasteiger partial charge in [0.25, 0.3) is 0 Å². The number of esters is 1. The number of ether oxygens (including phenoxy) is 1. The quantitative estimate of drug-likeness (QED) is 0.793. The topological polar surface area (TPSA) is 52.3 Å². The van der Waals surface area contributed by atoms with Gasteiger partial charge in [-0.1, -0.05) is 44.2 Å². The molecule has 0 saturated heterocycles. The van der Waals surface area contributed by atoms with E-state index in [1.165, 1.54) is 0 Å². The van der Waals surface area contributed by atoms with Crippen LogP contribution in [0.4, 0.5) is 0 Å². The second-order valence-electron chi connectivity index (χ2n) is 4.26. The summed E-state index contributed by atoms with van der Waals surface area (Å²) in [5.74, 6) is -0.248. The maximum atomic E-state index is 11.6. The lowest BCUT2D eigenvalue weighted by molar-refractivity contribution is -0.151. The highest BCUT2D eigenvalue weighted by Crippen LogP contribution is 2.17. The van der Waals surface area contributed by atoms with E-state index in [1.807, 2.05) is 51.1 Å². The zero-order valence-corrected chi connectivity index (χ0v) is 10.0. The molecule has 16 heavy (non-hydrogen) atoms. The summed E-state index contributed by atoms with van der Waals surface area (Å²) in [7, 11) is 0. The standard InChI is InChI=1S/C13H19NO2/c1-9(2)12(14)13(15)16-10(3)11-7-5-4-6-8-11/h4-10,12H,14H2,1-3H3. The van der Waals surface area contributed by atoms with E-state index >= 15 is 0 Å². The summed E-state index contributed by atoms with van der Waals surface area (Å²) in [6.07, 6.45) is -0.251. The average Bonchev–Trinajstić information content (AvgIpc) is 2.28. The lowest BCUT2D eigenvalue weighted by Gasteiger charge is -2.18. The van der Waals surface area contributed by atoms with Gasteiger partial charge in [0.05, 0.1) is 0 Å². The largest absolute Gasteiger partial charge is 0.457 e. The Hall–Kier alpha value is -1.35. The number of carbonyl (C=O) groups is 1. The molecule has 3 nitrogen and oxygen atoms in total. The Labute approximate surface area is 96.6 Å². The molecule has 0 aliphatic heterocycles. The number of rotatable bonds is 4. The van der Waals surface area contributed by atoms with Crippen molar-refractivity contribution in [2.24, 2.45) is 11.7 Å². The molecule has 0 amide bonds. The monoisotopic (exact) mass is 221 g/mol. The molecule has 2 N–H and O–H groups in total. The van der Waals surface area contributed by atoms with Gasteiger partial charge in [-0.05, 0) is 18.4 Å². The van der Waals surface area contributed by atoms with Gasteiger partial charge in [-0.3, -0.25) is 4.79 Å². The molecule has 0 aliphatic rings. The van der Waals surface area contributed by atoms with Crippen molar-refractivity contribution in [2.45, 2.75) is 32.9 Å². The van der Waals surface area contributed by atoms with Gasteiger partial charge in [-0.25, -0.2) is 0 Å². The van der Waals surface area contributed by atoms with Gasteiger partial charge in [0, 0.05) is 0 Å². The van der Waals surface area contributed by atoms with Crippen LogP contribution < -0.4 is 5.73 Å². The SMILES string of the molecule is CC(OC(=O)C(N)C(C)C)c1ccccc1. The fraction of sp³-hybridized carbons (Fsp3) is 0.462. The van der Waals surface area contributed by atoms with Crippen molar-refractivity contribution in [2.75, 3.05) is 0 Å². The Morgan fingerprint density at radius 3 is 2.25 bits per heavy atom. The van der Waals surface area contributed by atoms with Crippen LogP contribution in [0.15, 0.2) is 30.3 Å². The summed E-state index contributed by atoms with van der Waals surface area (Å²) < 4.78 is 5.30. The molecule has 2 unspecified atom stereocenters. The van der Waals surface area contributed by atoms with E-state index < -0.39 is 6.04 Å². The first kappa shape index (κ1) is 12.7. The van der Waals surface area contributed by atoms with Crippen LogP contribution in [0.1, 0.15) is 32.4 Å². The summed E-state index contributed by atoms with van der Waals surface area (Å²) in [5, 5.41) is 0. The summed E-state index contributed by atoms with van der Waals surface area (Å²) in [6.45, 7) is 5.65. The molecule has 0 spiro atoms. The van der Waals surface area contributed by atoms with Crippen LogP contribution in [-0.2, 0) is 9.53 Å². The third kappa shape index (κ3) is 3.35. The summed E-state index contributed by atoms with van der Waals surface area (Å²) in [5.41, 5.74) is 6.69. The van der Waals surface area contributed by atoms with Gasteiger partial charge in [-0.2, -0.15) is 0 Å². The number of hydrogen-bond donors (Lipinski definition) is 1. The minimum absolute atomic E-state index is 0.0930. The fourth-order valence-corrected chi connectivity index (χ4v) is 1.32. The summed E-state index contributed by atoms with van der Waals surface area (Å²) in [4.78, 5) is 11.6. The van der Waals surface area contributed by atoms with E-state index in [1.54, 1.807) is 0 Å². The molecule has 0 aliphatic carbocycles. The minimum Gasteiger partial charge on any atom is -0.457 e. The zero-order valence-electron chi connectivity index (χ0n) is 10.0.